The summed E-state index contributed by atoms with van der Waals surface area (Å²) in [4.78, 5) is 14.4. The molecule has 4 nitrogen and oxygen atoms in total. The van der Waals surface area contributed by atoms with Gasteiger partial charge >= 0.3 is 6.03 Å². The second-order valence-corrected chi connectivity index (χ2v) is 6.09. The van der Waals surface area contributed by atoms with Gasteiger partial charge in [-0.05, 0) is 18.6 Å². The number of carbonyl (C=O) groups is 1. The first-order chi connectivity index (χ1) is 11.7. The van der Waals surface area contributed by atoms with Crippen LogP contribution in [-0.2, 0) is 13.6 Å². The molecule has 120 valence electrons. The van der Waals surface area contributed by atoms with Crippen molar-refractivity contribution in [3.05, 3.63) is 70.7 Å². The van der Waals surface area contributed by atoms with Crippen LogP contribution in [-0.4, -0.2) is 15.5 Å². The van der Waals surface area contributed by atoms with Gasteiger partial charge in [-0.15, -0.1) is 0 Å². The Morgan fingerprint density at radius 3 is 2.50 bits per heavy atom. The largest absolute Gasteiger partial charge is 0.342 e. The molecule has 4 rings (SSSR count). The number of aromatic nitrogens is 1. The molecule has 0 unspecified atom stereocenters. The fourth-order valence-corrected chi connectivity index (χ4v) is 3.45. The number of amides is 2. The summed E-state index contributed by atoms with van der Waals surface area (Å²) < 4.78 is 2.16. The standard InChI is InChI=1S/C20H19N3O/c1-14-19-17(16-10-6-7-11-18(16)22(19)2)12-21-20(24)23(14)13-15-8-4-3-5-9-15/h3-12H,13H2,1-2H3,(H,21,24). The number of fused-ring (bicyclic) bond motifs is 3. The van der Waals surface area contributed by atoms with Crippen LogP contribution in [0.25, 0.3) is 22.8 Å². The molecular formula is C20H19N3O. The molecule has 0 aliphatic carbocycles. The van der Waals surface area contributed by atoms with Crippen molar-refractivity contribution >= 4 is 28.8 Å². The van der Waals surface area contributed by atoms with Crippen LogP contribution in [0.2, 0.25) is 0 Å². The lowest BCUT2D eigenvalue weighted by Gasteiger charge is -2.22. The summed E-state index contributed by atoms with van der Waals surface area (Å²) in [7, 11) is 2.05. The Morgan fingerprint density at radius 2 is 1.71 bits per heavy atom. The van der Waals surface area contributed by atoms with Crippen LogP contribution in [0, 0.1) is 0 Å². The minimum absolute atomic E-state index is 0.100. The molecule has 24 heavy (non-hydrogen) atoms. The number of nitrogens with one attached hydrogen (secondary N) is 1. The van der Waals surface area contributed by atoms with E-state index in [4.69, 9.17) is 0 Å². The van der Waals surface area contributed by atoms with Crippen molar-refractivity contribution in [2.24, 2.45) is 7.05 Å². The lowest BCUT2D eigenvalue weighted by molar-refractivity contribution is 0.221. The highest BCUT2D eigenvalue weighted by molar-refractivity contribution is 5.89. The van der Waals surface area contributed by atoms with E-state index in [1.165, 1.54) is 0 Å². The summed E-state index contributed by atoms with van der Waals surface area (Å²) >= 11 is 0. The van der Waals surface area contributed by atoms with Gasteiger partial charge in [-0.25, -0.2) is 4.79 Å². The quantitative estimate of drug-likeness (QED) is 0.773. The van der Waals surface area contributed by atoms with E-state index < -0.39 is 0 Å². The average Bonchev–Trinajstić information content (AvgIpc) is 2.83. The van der Waals surface area contributed by atoms with E-state index in [0.717, 1.165) is 32.7 Å². The zero-order valence-corrected chi connectivity index (χ0v) is 13.8. The third-order valence-electron chi connectivity index (χ3n) is 4.66. The number of hydrogen-bond acceptors (Lipinski definition) is 1. The van der Waals surface area contributed by atoms with Crippen LogP contribution < -0.4 is 15.9 Å². The van der Waals surface area contributed by atoms with Gasteiger partial charge < -0.3 is 9.88 Å². The van der Waals surface area contributed by atoms with Gasteiger partial charge in [0.1, 0.15) is 0 Å². The zero-order chi connectivity index (χ0) is 16.7. The highest BCUT2D eigenvalue weighted by atomic mass is 16.2. The van der Waals surface area contributed by atoms with Crippen LogP contribution in [0.5, 0.6) is 0 Å². The fraction of sp³-hybridized carbons (Fsp3) is 0.150. The Morgan fingerprint density at radius 1 is 1.00 bits per heavy atom. The topological polar surface area (TPSA) is 37.3 Å². The third kappa shape index (κ3) is 2.19. The van der Waals surface area contributed by atoms with E-state index in [9.17, 15) is 4.79 Å². The minimum Gasteiger partial charge on any atom is -0.342 e. The van der Waals surface area contributed by atoms with Crippen LogP contribution in [0.15, 0.2) is 54.6 Å². The molecule has 1 N–H and O–H groups in total. The molecular weight excluding hydrogens is 298 g/mol. The first kappa shape index (κ1) is 14.6. The van der Waals surface area contributed by atoms with E-state index in [1.807, 2.05) is 55.6 Å². The second-order valence-electron chi connectivity index (χ2n) is 6.09. The van der Waals surface area contributed by atoms with Crippen molar-refractivity contribution in [2.45, 2.75) is 13.5 Å². The van der Waals surface area contributed by atoms with Gasteiger partial charge in [-0.1, -0.05) is 48.5 Å². The summed E-state index contributed by atoms with van der Waals surface area (Å²) in [6.45, 7) is 2.56. The van der Waals surface area contributed by atoms with E-state index in [1.54, 1.807) is 4.90 Å². The van der Waals surface area contributed by atoms with Gasteiger partial charge in [0.15, 0.2) is 0 Å². The van der Waals surface area contributed by atoms with E-state index >= 15 is 0 Å². The van der Waals surface area contributed by atoms with Crippen LogP contribution in [0.3, 0.4) is 0 Å². The number of nitrogens with zero attached hydrogens (tertiary/aromatic N) is 2. The molecule has 0 fully saturated rings. The number of urea groups is 1. The van der Waals surface area contributed by atoms with Gasteiger partial charge in [0.05, 0.1) is 11.9 Å². The molecule has 1 aromatic heterocycles. The van der Waals surface area contributed by atoms with Crippen molar-refractivity contribution in [1.29, 1.82) is 0 Å². The summed E-state index contributed by atoms with van der Waals surface area (Å²) in [6.07, 6.45) is 1.83. The molecule has 1 aliphatic heterocycles. The van der Waals surface area contributed by atoms with Gasteiger partial charge in [0, 0.05) is 35.1 Å². The maximum absolute atomic E-state index is 12.6. The van der Waals surface area contributed by atoms with Crippen LogP contribution >= 0.6 is 0 Å². The number of carbonyl (C=O) groups excluding carboxylic acids is 1. The molecule has 0 saturated carbocycles. The number of para-hydroxylation sites is 1. The summed E-state index contributed by atoms with van der Waals surface area (Å²) in [5, 5.41) is 6.22. The highest BCUT2D eigenvalue weighted by Crippen LogP contribution is 2.14. The van der Waals surface area contributed by atoms with Crippen LogP contribution in [0.4, 0.5) is 4.79 Å². The molecule has 0 saturated heterocycles. The van der Waals surface area contributed by atoms with Crippen LogP contribution in [0.1, 0.15) is 12.5 Å². The van der Waals surface area contributed by atoms with Crippen molar-refractivity contribution < 1.29 is 4.79 Å². The van der Waals surface area contributed by atoms with Crippen molar-refractivity contribution in [3.63, 3.8) is 0 Å². The van der Waals surface area contributed by atoms with E-state index in [0.29, 0.717) is 6.54 Å². The summed E-state index contributed by atoms with van der Waals surface area (Å²) in [6, 6.07) is 18.2. The maximum atomic E-state index is 12.6. The molecule has 0 bridgehead atoms. The number of aryl methyl sites for hydroxylation is 1. The predicted octanol–water partition coefficient (Wildman–Crippen LogP) is 2.27. The maximum Gasteiger partial charge on any atom is 0.325 e. The molecule has 0 radical (unpaired) electrons. The molecule has 4 heteroatoms. The normalized spacial score (nSPS) is 14.2. The molecule has 0 atom stereocenters. The van der Waals surface area contributed by atoms with Crippen molar-refractivity contribution in [1.82, 2.24) is 14.8 Å². The first-order valence-electron chi connectivity index (χ1n) is 8.03. The average molecular weight is 317 g/mol. The predicted molar refractivity (Wildman–Crippen MR) is 96.2 cm³/mol. The Balaban J connectivity index is 1.96. The third-order valence-corrected chi connectivity index (χ3v) is 4.66. The van der Waals surface area contributed by atoms with Crippen molar-refractivity contribution in [2.75, 3.05) is 0 Å². The smallest absolute Gasteiger partial charge is 0.325 e. The Hall–Kier alpha value is -3.01. The lowest BCUT2D eigenvalue weighted by Crippen LogP contribution is -2.37. The Bertz CT molecular complexity index is 1050. The lowest BCUT2D eigenvalue weighted by atomic mass is 10.2. The molecule has 2 aromatic carbocycles. The van der Waals surface area contributed by atoms with Gasteiger partial charge in [-0.3, -0.25) is 4.90 Å². The molecule has 1 aliphatic rings. The minimum atomic E-state index is -0.100. The Kier molecular flexibility index (Phi) is 3.38. The first-order valence-corrected chi connectivity index (χ1v) is 8.03. The molecule has 3 aromatic rings. The van der Waals surface area contributed by atoms with E-state index in [-0.39, 0.29) is 6.03 Å². The van der Waals surface area contributed by atoms with Gasteiger partial charge in [0.25, 0.3) is 0 Å². The number of hydrogen-bond donors (Lipinski definition) is 1. The monoisotopic (exact) mass is 317 g/mol. The highest BCUT2D eigenvalue weighted by Gasteiger charge is 2.20. The number of rotatable bonds is 2. The SMILES string of the molecule is CC1=c2c(c3ccccc3n2C)=CNC(=O)N1Cc1ccccc1. The zero-order valence-electron chi connectivity index (χ0n) is 13.8. The van der Waals surface area contributed by atoms with E-state index in [2.05, 4.69) is 29.1 Å². The summed E-state index contributed by atoms with van der Waals surface area (Å²) in [5.41, 5.74) is 3.22. The summed E-state index contributed by atoms with van der Waals surface area (Å²) in [5.74, 6) is 0. The molecule has 2 amide bonds. The van der Waals surface area contributed by atoms with Gasteiger partial charge in [0.2, 0.25) is 0 Å². The van der Waals surface area contributed by atoms with Crippen molar-refractivity contribution in [3.8, 4) is 0 Å². The number of benzene rings is 2. The molecule has 2 heterocycles. The molecule has 0 spiro atoms. The Labute approximate surface area is 140 Å². The van der Waals surface area contributed by atoms with Gasteiger partial charge in [-0.2, -0.15) is 0 Å². The second kappa shape index (κ2) is 5.57. The fourth-order valence-electron chi connectivity index (χ4n) is 3.45.